The highest BCUT2D eigenvalue weighted by atomic mass is 35.5. The topological polar surface area (TPSA) is 49.3 Å². The molecule has 0 spiro atoms. The minimum absolute atomic E-state index is 0.249. The maximum atomic E-state index is 12.1. The summed E-state index contributed by atoms with van der Waals surface area (Å²) in [4.78, 5) is 12.1. The van der Waals surface area contributed by atoms with Crippen LogP contribution in [0.5, 0.6) is 0 Å². The molecule has 2 rings (SSSR count). The lowest BCUT2D eigenvalue weighted by Crippen LogP contribution is -2.45. The fraction of sp³-hybridized carbons (Fsp3) is 0.533. The Morgan fingerprint density at radius 1 is 1.50 bits per heavy atom. The lowest BCUT2D eigenvalue weighted by Gasteiger charge is -2.35. The molecule has 1 aromatic rings. The highest BCUT2D eigenvalue weighted by Crippen LogP contribution is 2.31. The summed E-state index contributed by atoms with van der Waals surface area (Å²) in [5.41, 5.74) is -0.468. The summed E-state index contributed by atoms with van der Waals surface area (Å²) in [6, 6.07) is 4.76. The average Bonchev–Trinajstić information content (AvgIpc) is 2.39. The van der Waals surface area contributed by atoms with Crippen LogP contribution in [0.2, 0.25) is 10.0 Å². The van der Waals surface area contributed by atoms with Crippen molar-refractivity contribution in [2.24, 2.45) is 5.92 Å². The Bertz CT molecular complexity index is 507. The van der Waals surface area contributed by atoms with Crippen LogP contribution in [0.25, 0.3) is 0 Å². The second kappa shape index (κ2) is 6.33. The Morgan fingerprint density at radius 3 is 2.95 bits per heavy atom. The number of carbonyl (C=O) groups excluding carboxylic acids is 1. The summed E-state index contributed by atoms with van der Waals surface area (Å²) >= 11 is 11.9. The number of benzene rings is 1. The number of halogens is 2. The zero-order chi connectivity index (χ0) is 14.8. The molecule has 1 fully saturated rings. The number of carbonyl (C=O) groups is 1. The Morgan fingerprint density at radius 2 is 2.25 bits per heavy atom. The minimum Gasteiger partial charge on any atom is -0.388 e. The van der Waals surface area contributed by atoms with Crippen molar-refractivity contribution in [1.29, 1.82) is 0 Å². The van der Waals surface area contributed by atoms with Gasteiger partial charge in [-0.1, -0.05) is 43.0 Å². The van der Waals surface area contributed by atoms with Crippen LogP contribution in [-0.2, 0) is 0 Å². The first-order valence-electron chi connectivity index (χ1n) is 6.85. The molecule has 0 aliphatic heterocycles. The lowest BCUT2D eigenvalue weighted by molar-refractivity contribution is -0.0109. The highest BCUT2D eigenvalue weighted by Gasteiger charge is 2.33. The number of hydrogen-bond acceptors (Lipinski definition) is 2. The molecular formula is C15H19Cl2NO2. The first-order valence-corrected chi connectivity index (χ1v) is 7.61. The first kappa shape index (κ1) is 15.6. The summed E-state index contributed by atoms with van der Waals surface area (Å²) in [6.07, 6.45) is 3.57. The zero-order valence-electron chi connectivity index (χ0n) is 11.5. The molecular weight excluding hydrogens is 297 g/mol. The number of nitrogens with one attached hydrogen (secondary N) is 1. The molecule has 2 N–H and O–H groups in total. The summed E-state index contributed by atoms with van der Waals surface area (Å²) in [5.74, 6) is 0.185. The van der Waals surface area contributed by atoms with Crippen LogP contribution in [0.1, 0.15) is 43.0 Å². The standard InChI is InChI=1S/C15H19Cl2NO2/c1-10-3-2-6-15(20,8-10)9-18-14(19)12-7-11(16)4-5-13(12)17/h4-5,7,10,20H,2-3,6,8-9H2,1H3,(H,18,19). The van der Waals surface area contributed by atoms with Crippen LogP contribution < -0.4 is 5.32 Å². The van der Waals surface area contributed by atoms with Crippen molar-refractivity contribution >= 4 is 29.1 Å². The van der Waals surface area contributed by atoms with Crippen molar-refractivity contribution in [2.75, 3.05) is 6.54 Å². The van der Waals surface area contributed by atoms with E-state index in [1.54, 1.807) is 12.1 Å². The summed E-state index contributed by atoms with van der Waals surface area (Å²) in [6.45, 7) is 2.37. The quantitative estimate of drug-likeness (QED) is 0.894. The van der Waals surface area contributed by atoms with Gasteiger partial charge in [-0.15, -0.1) is 0 Å². The third-order valence-corrected chi connectivity index (χ3v) is 4.38. The number of rotatable bonds is 3. The maximum Gasteiger partial charge on any atom is 0.252 e. The van der Waals surface area contributed by atoms with Gasteiger partial charge < -0.3 is 10.4 Å². The largest absolute Gasteiger partial charge is 0.388 e. The predicted octanol–water partition coefficient (Wildman–Crippen LogP) is 3.66. The summed E-state index contributed by atoms with van der Waals surface area (Å²) in [5, 5.41) is 14.1. The van der Waals surface area contributed by atoms with Crippen LogP contribution in [0.3, 0.4) is 0 Å². The van der Waals surface area contributed by atoms with Gasteiger partial charge in [-0.05, 0) is 37.0 Å². The van der Waals surface area contributed by atoms with E-state index in [-0.39, 0.29) is 12.5 Å². The van der Waals surface area contributed by atoms with Gasteiger partial charge in [0.05, 0.1) is 16.2 Å². The molecule has 1 amide bonds. The van der Waals surface area contributed by atoms with Crippen molar-refractivity contribution in [3.63, 3.8) is 0 Å². The second-order valence-corrected chi connectivity index (χ2v) is 6.58. The molecule has 0 aromatic heterocycles. The fourth-order valence-corrected chi connectivity index (χ4v) is 3.18. The fourth-order valence-electron chi connectivity index (χ4n) is 2.80. The molecule has 2 unspecified atom stereocenters. The van der Waals surface area contributed by atoms with Gasteiger partial charge in [-0.25, -0.2) is 0 Å². The van der Waals surface area contributed by atoms with Gasteiger partial charge in [0.15, 0.2) is 0 Å². The molecule has 3 nitrogen and oxygen atoms in total. The van der Waals surface area contributed by atoms with Crippen LogP contribution in [-0.4, -0.2) is 23.2 Å². The Labute approximate surface area is 129 Å². The summed E-state index contributed by atoms with van der Waals surface area (Å²) < 4.78 is 0. The van der Waals surface area contributed by atoms with Crippen LogP contribution in [0.4, 0.5) is 0 Å². The van der Waals surface area contributed by atoms with Gasteiger partial charge >= 0.3 is 0 Å². The molecule has 0 saturated heterocycles. The van der Waals surface area contributed by atoms with Crippen molar-refractivity contribution < 1.29 is 9.90 Å². The lowest BCUT2D eigenvalue weighted by atomic mass is 9.79. The van der Waals surface area contributed by atoms with E-state index in [4.69, 9.17) is 23.2 Å². The normalized spacial score (nSPS) is 26.3. The molecule has 5 heteroatoms. The Kier molecular flexibility index (Phi) is 4.95. The predicted molar refractivity (Wildman–Crippen MR) is 81.4 cm³/mol. The molecule has 1 aliphatic rings. The molecule has 0 heterocycles. The van der Waals surface area contributed by atoms with E-state index in [1.165, 1.54) is 6.07 Å². The molecule has 20 heavy (non-hydrogen) atoms. The van der Waals surface area contributed by atoms with Gasteiger partial charge in [0.1, 0.15) is 0 Å². The van der Waals surface area contributed by atoms with Gasteiger partial charge in [0.25, 0.3) is 5.91 Å². The van der Waals surface area contributed by atoms with Crippen LogP contribution in [0, 0.1) is 5.92 Å². The smallest absolute Gasteiger partial charge is 0.252 e. The van der Waals surface area contributed by atoms with Crippen molar-refractivity contribution in [2.45, 2.75) is 38.2 Å². The monoisotopic (exact) mass is 315 g/mol. The minimum atomic E-state index is -0.807. The van der Waals surface area contributed by atoms with Crippen LogP contribution in [0.15, 0.2) is 18.2 Å². The third kappa shape index (κ3) is 3.87. The van der Waals surface area contributed by atoms with Gasteiger partial charge in [0.2, 0.25) is 0 Å². The van der Waals surface area contributed by atoms with E-state index in [0.717, 1.165) is 25.7 Å². The zero-order valence-corrected chi connectivity index (χ0v) is 13.0. The Balaban J connectivity index is 1.99. The van der Waals surface area contributed by atoms with E-state index in [0.29, 0.717) is 21.5 Å². The molecule has 0 bridgehead atoms. The van der Waals surface area contributed by atoms with Crippen molar-refractivity contribution in [1.82, 2.24) is 5.32 Å². The maximum absolute atomic E-state index is 12.1. The highest BCUT2D eigenvalue weighted by molar-refractivity contribution is 6.35. The van der Waals surface area contributed by atoms with Crippen LogP contribution >= 0.6 is 23.2 Å². The first-order chi connectivity index (χ1) is 9.39. The van der Waals surface area contributed by atoms with Gasteiger partial charge in [-0.3, -0.25) is 4.79 Å². The SMILES string of the molecule is CC1CCCC(O)(CNC(=O)c2cc(Cl)ccc2Cl)C1. The third-order valence-electron chi connectivity index (χ3n) is 3.82. The molecule has 0 radical (unpaired) electrons. The van der Waals surface area contributed by atoms with Gasteiger partial charge in [0, 0.05) is 11.6 Å². The summed E-state index contributed by atoms with van der Waals surface area (Å²) in [7, 11) is 0. The van der Waals surface area contributed by atoms with E-state index >= 15 is 0 Å². The second-order valence-electron chi connectivity index (χ2n) is 5.73. The molecule has 1 saturated carbocycles. The molecule has 110 valence electrons. The number of aliphatic hydroxyl groups is 1. The van der Waals surface area contributed by atoms with Gasteiger partial charge in [-0.2, -0.15) is 0 Å². The molecule has 2 atom stereocenters. The van der Waals surface area contributed by atoms with E-state index in [2.05, 4.69) is 12.2 Å². The Hall–Kier alpha value is -0.770. The van der Waals surface area contributed by atoms with Crippen molar-refractivity contribution in [3.05, 3.63) is 33.8 Å². The molecule has 1 aromatic carbocycles. The number of hydrogen-bond donors (Lipinski definition) is 2. The number of amides is 1. The van der Waals surface area contributed by atoms with E-state index in [1.807, 2.05) is 0 Å². The molecule has 1 aliphatic carbocycles. The van der Waals surface area contributed by atoms with Crippen molar-refractivity contribution in [3.8, 4) is 0 Å². The average molecular weight is 316 g/mol. The van der Waals surface area contributed by atoms with E-state index in [9.17, 15) is 9.90 Å². The van der Waals surface area contributed by atoms with E-state index < -0.39 is 5.60 Å².